The van der Waals surface area contributed by atoms with Crippen molar-refractivity contribution >= 4 is 46.4 Å². The molecule has 0 amide bonds. The van der Waals surface area contributed by atoms with E-state index in [2.05, 4.69) is 0 Å². The van der Waals surface area contributed by atoms with E-state index in [1.807, 2.05) is 0 Å². The molecule has 0 aromatic heterocycles. The maximum atomic E-state index is 12.9. The summed E-state index contributed by atoms with van der Waals surface area (Å²) in [6, 6.07) is 10.5. The Hall–Kier alpha value is -0.470. The van der Waals surface area contributed by atoms with Crippen molar-refractivity contribution < 1.29 is 4.39 Å². The van der Waals surface area contributed by atoms with Gasteiger partial charge in [0.15, 0.2) is 4.33 Å². The summed E-state index contributed by atoms with van der Waals surface area (Å²) in [6.45, 7) is 0. The Balaban J connectivity index is 2.50. The van der Waals surface area contributed by atoms with Gasteiger partial charge in [-0.1, -0.05) is 64.6 Å². The highest BCUT2D eigenvalue weighted by Gasteiger charge is 2.31. The van der Waals surface area contributed by atoms with Crippen molar-refractivity contribution in [2.75, 3.05) is 0 Å². The lowest BCUT2D eigenvalue weighted by molar-refractivity contribution is 0.627. The van der Waals surface area contributed by atoms with E-state index < -0.39 is 4.33 Å². The average molecular weight is 324 g/mol. The molecule has 5 heteroatoms. The zero-order valence-corrected chi connectivity index (χ0v) is 12.0. The second-order valence-electron chi connectivity index (χ2n) is 3.71. The fraction of sp³-hybridized carbons (Fsp3) is 0.0769. The molecule has 0 aliphatic heterocycles. The van der Waals surface area contributed by atoms with Crippen molar-refractivity contribution in [3.8, 4) is 0 Å². The largest absolute Gasteiger partial charge is 0.207 e. The van der Waals surface area contributed by atoms with Crippen LogP contribution in [0.5, 0.6) is 0 Å². The fourth-order valence-corrected chi connectivity index (χ4v) is 2.79. The van der Waals surface area contributed by atoms with Crippen LogP contribution in [0.4, 0.5) is 4.39 Å². The molecule has 94 valence electrons. The smallest absolute Gasteiger partial charge is 0.169 e. The van der Waals surface area contributed by atoms with Crippen LogP contribution in [-0.4, -0.2) is 0 Å². The van der Waals surface area contributed by atoms with Gasteiger partial charge in [-0.3, -0.25) is 0 Å². The van der Waals surface area contributed by atoms with Gasteiger partial charge in [-0.25, -0.2) is 4.39 Å². The lowest BCUT2D eigenvalue weighted by atomic mass is 10.0. The summed E-state index contributed by atoms with van der Waals surface area (Å²) in [6.07, 6.45) is 0. The molecule has 0 aliphatic rings. The second-order valence-corrected chi connectivity index (χ2v) is 5.88. The van der Waals surface area contributed by atoms with Crippen molar-refractivity contribution in [1.29, 1.82) is 0 Å². The van der Waals surface area contributed by atoms with Crippen molar-refractivity contribution in [3.05, 3.63) is 69.5 Å². The van der Waals surface area contributed by atoms with Gasteiger partial charge in [-0.05, 0) is 29.8 Å². The first-order valence-electron chi connectivity index (χ1n) is 5.00. The van der Waals surface area contributed by atoms with E-state index in [9.17, 15) is 4.39 Å². The molecule has 0 unspecified atom stereocenters. The average Bonchev–Trinajstić information content (AvgIpc) is 2.29. The van der Waals surface area contributed by atoms with Crippen molar-refractivity contribution in [2.45, 2.75) is 4.33 Å². The molecule has 0 radical (unpaired) electrons. The highest BCUT2D eigenvalue weighted by atomic mass is 35.5. The van der Waals surface area contributed by atoms with Gasteiger partial charge in [0.25, 0.3) is 0 Å². The van der Waals surface area contributed by atoms with Crippen LogP contribution in [0.2, 0.25) is 10.0 Å². The molecule has 0 atom stereocenters. The highest BCUT2D eigenvalue weighted by molar-refractivity contribution is 6.51. The molecule has 0 heterocycles. The normalized spacial score (nSPS) is 11.6. The first kappa shape index (κ1) is 14.0. The topological polar surface area (TPSA) is 0 Å². The minimum atomic E-state index is -1.35. The molecule has 2 rings (SSSR count). The molecule has 0 saturated heterocycles. The van der Waals surface area contributed by atoms with Crippen LogP contribution in [0, 0.1) is 5.82 Å². The van der Waals surface area contributed by atoms with Gasteiger partial charge in [0.2, 0.25) is 0 Å². The first-order valence-corrected chi connectivity index (χ1v) is 6.52. The van der Waals surface area contributed by atoms with Crippen LogP contribution < -0.4 is 0 Å². The molecule has 0 saturated carbocycles. The maximum Gasteiger partial charge on any atom is 0.169 e. The van der Waals surface area contributed by atoms with E-state index in [-0.39, 0.29) is 5.82 Å². The molecule has 2 aromatic carbocycles. The van der Waals surface area contributed by atoms with E-state index in [0.29, 0.717) is 21.2 Å². The Morgan fingerprint density at radius 2 is 1.50 bits per heavy atom. The first-order chi connectivity index (χ1) is 8.41. The highest BCUT2D eigenvalue weighted by Crippen LogP contribution is 2.44. The number of hydrogen-bond acceptors (Lipinski definition) is 0. The van der Waals surface area contributed by atoms with Gasteiger partial charge in [0.1, 0.15) is 5.82 Å². The number of alkyl halides is 2. The zero-order valence-electron chi connectivity index (χ0n) is 8.93. The number of benzene rings is 2. The van der Waals surface area contributed by atoms with Crippen LogP contribution in [-0.2, 0) is 4.33 Å². The maximum absolute atomic E-state index is 12.9. The Labute approximate surface area is 124 Å². The Morgan fingerprint density at radius 3 is 2.06 bits per heavy atom. The summed E-state index contributed by atoms with van der Waals surface area (Å²) in [5.74, 6) is -0.356. The lowest BCUT2D eigenvalue weighted by Crippen LogP contribution is -2.13. The third-order valence-corrected chi connectivity index (χ3v) is 3.87. The Morgan fingerprint density at radius 1 is 0.889 bits per heavy atom. The summed E-state index contributed by atoms with van der Waals surface area (Å²) >= 11 is 24.5. The monoisotopic (exact) mass is 322 g/mol. The van der Waals surface area contributed by atoms with E-state index >= 15 is 0 Å². The van der Waals surface area contributed by atoms with E-state index in [1.165, 1.54) is 24.3 Å². The number of rotatable bonds is 2. The zero-order chi connectivity index (χ0) is 13.3. The van der Waals surface area contributed by atoms with Crippen LogP contribution in [0.1, 0.15) is 11.1 Å². The summed E-state index contributed by atoms with van der Waals surface area (Å²) in [5, 5.41) is 0.851. The molecule has 0 aliphatic carbocycles. The molecule has 0 fully saturated rings. The molecular weight excluding hydrogens is 317 g/mol. The Bertz CT molecular complexity index is 564. The van der Waals surface area contributed by atoms with Crippen LogP contribution in [0.3, 0.4) is 0 Å². The van der Waals surface area contributed by atoms with Gasteiger partial charge < -0.3 is 0 Å². The molecule has 0 N–H and O–H groups in total. The summed E-state index contributed by atoms with van der Waals surface area (Å²) < 4.78 is 11.5. The standard InChI is InChI=1S/C13H7Cl4F/c14-9-3-6-11(12(15)7-9)13(16,17)8-1-4-10(18)5-2-8/h1-7H. The molecule has 0 spiro atoms. The molecule has 0 nitrogen and oxygen atoms in total. The van der Waals surface area contributed by atoms with Gasteiger partial charge >= 0.3 is 0 Å². The molecular formula is C13H7Cl4F. The quantitative estimate of drug-likeness (QED) is 0.612. The summed E-state index contributed by atoms with van der Waals surface area (Å²) in [5.41, 5.74) is 1.04. The van der Waals surface area contributed by atoms with Gasteiger partial charge in [-0.2, -0.15) is 0 Å². The third kappa shape index (κ3) is 2.75. The molecule has 0 bridgehead atoms. The molecule has 2 aromatic rings. The second kappa shape index (κ2) is 5.26. The van der Waals surface area contributed by atoms with Crippen molar-refractivity contribution in [2.24, 2.45) is 0 Å². The van der Waals surface area contributed by atoms with Gasteiger partial charge in [-0.15, -0.1) is 0 Å². The summed E-state index contributed by atoms with van der Waals surface area (Å²) in [4.78, 5) is 0. The van der Waals surface area contributed by atoms with E-state index in [4.69, 9.17) is 46.4 Å². The van der Waals surface area contributed by atoms with E-state index in [1.54, 1.807) is 18.2 Å². The number of hydrogen-bond donors (Lipinski definition) is 0. The minimum Gasteiger partial charge on any atom is -0.207 e. The third-order valence-electron chi connectivity index (χ3n) is 2.48. The van der Waals surface area contributed by atoms with Crippen molar-refractivity contribution in [1.82, 2.24) is 0 Å². The lowest BCUT2D eigenvalue weighted by Gasteiger charge is -2.22. The molecule has 18 heavy (non-hydrogen) atoms. The fourth-order valence-electron chi connectivity index (χ4n) is 1.56. The number of halogens is 5. The van der Waals surface area contributed by atoms with Crippen LogP contribution in [0.25, 0.3) is 0 Å². The van der Waals surface area contributed by atoms with Crippen LogP contribution in [0.15, 0.2) is 42.5 Å². The van der Waals surface area contributed by atoms with E-state index in [0.717, 1.165) is 0 Å². The van der Waals surface area contributed by atoms with Crippen LogP contribution >= 0.6 is 46.4 Å². The minimum absolute atomic E-state index is 0.356. The predicted octanol–water partition coefficient (Wildman–Crippen LogP) is 5.81. The van der Waals surface area contributed by atoms with Gasteiger partial charge in [0.05, 0.1) is 0 Å². The predicted molar refractivity (Wildman–Crippen MR) is 75.3 cm³/mol. The SMILES string of the molecule is Fc1ccc(C(Cl)(Cl)c2ccc(Cl)cc2Cl)cc1. The van der Waals surface area contributed by atoms with Gasteiger partial charge in [0, 0.05) is 15.6 Å². The Kier molecular flexibility index (Phi) is 4.08. The summed E-state index contributed by atoms with van der Waals surface area (Å²) in [7, 11) is 0. The van der Waals surface area contributed by atoms with Crippen molar-refractivity contribution in [3.63, 3.8) is 0 Å².